The molecule has 1 aliphatic rings. The van der Waals surface area contributed by atoms with E-state index in [4.69, 9.17) is 14.2 Å². The lowest BCUT2D eigenvalue weighted by atomic mass is 10.1. The summed E-state index contributed by atoms with van der Waals surface area (Å²) < 4.78 is 15.5. The van der Waals surface area contributed by atoms with Crippen molar-refractivity contribution in [1.29, 1.82) is 0 Å². The van der Waals surface area contributed by atoms with Crippen molar-refractivity contribution in [2.24, 2.45) is 0 Å². The summed E-state index contributed by atoms with van der Waals surface area (Å²) in [6, 6.07) is 17.7. The van der Waals surface area contributed by atoms with Crippen LogP contribution in [0.5, 0.6) is 11.5 Å². The van der Waals surface area contributed by atoms with E-state index in [2.05, 4.69) is 5.32 Å². The van der Waals surface area contributed by atoms with Gasteiger partial charge < -0.3 is 19.5 Å². The van der Waals surface area contributed by atoms with Crippen LogP contribution in [-0.2, 0) is 9.53 Å². The molecule has 0 saturated heterocycles. The molecule has 36 heavy (non-hydrogen) atoms. The van der Waals surface area contributed by atoms with Gasteiger partial charge in [0.1, 0.15) is 11.5 Å². The number of fused-ring (bicyclic) bond motifs is 1. The zero-order chi connectivity index (χ0) is 25.8. The Balaban J connectivity index is 1.42. The minimum atomic E-state index is -0.801. The lowest BCUT2D eigenvalue weighted by Crippen LogP contribution is -2.32. The van der Waals surface area contributed by atoms with Crippen LogP contribution in [0.1, 0.15) is 49.6 Å². The van der Waals surface area contributed by atoms with Gasteiger partial charge in [0.25, 0.3) is 17.7 Å². The third-order valence-electron chi connectivity index (χ3n) is 5.84. The Hall–Kier alpha value is -4.66. The van der Waals surface area contributed by atoms with E-state index in [1.54, 1.807) is 25.1 Å². The summed E-state index contributed by atoms with van der Waals surface area (Å²) in [6.07, 6.45) is 0. The number of amides is 3. The molecule has 3 aromatic carbocycles. The van der Waals surface area contributed by atoms with E-state index < -0.39 is 36.3 Å². The van der Waals surface area contributed by atoms with Gasteiger partial charge in [-0.3, -0.25) is 19.3 Å². The highest BCUT2D eigenvalue weighted by atomic mass is 16.5. The number of anilines is 1. The van der Waals surface area contributed by atoms with Crippen LogP contribution in [0, 0.1) is 0 Å². The molecule has 0 fully saturated rings. The molecule has 3 amide bonds. The van der Waals surface area contributed by atoms with E-state index >= 15 is 0 Å². The van der Waals surface area contributed by atoms with Gasteiger partial charge in [0.05, 0.1) is 42.6 Å². The Morgan fingerprint density at radius 1 is 0.889 bits per heavy atom. The predicted molar refractivity (Wildman–Crippen MR) is 130 cm³/mol. The van der Waals surface area contributed by atoms with Crippen LogP contribution in [0.15, 0.2) is 66.7 Å². The number of esters is 1. The Morgan fingerprint density at radius 2 is 1.61 bits per heavy atom. The molecule has 0 saturated carbocycles. The van der Waals surface area contributed by atoms with Gasteiger partial charge in [-0.25, -0.2) is 4.79 Å². The molecule has 1 aliphatic heterocycles. The average molecular weight is 488 g/mol. The zero-order valence-corrected chi connectivity index (χ0v) is 19.9. The van der Waals surface area contributed by atoms with Gasteiger partial charge in [-0.2, -0.15) is 0 Å². The minimum Gasteiger partial charge on any atom is -0.497 e. The maximum Gasteiger partial charge on any atom is 0.338 e. The van der Waals surface area contributed by atoms with Crippen LogP contribution in [0.3, 0.4) is 0 Å². The predicted octanol–water partition coefficient (Wildman–Crippen LogP) is 3.86. The second-order valence-corrected chi connectivity index (χ2v) is 8.02. The summed E-state index contributed by atoms with van der Waals surface area (Å²) in [4.78, 5) is 52.0. The van der Waals surface area contributed by atoms with Crippen molar-refractivity contribution < 1.29 is 33.4 Å². The number of imide groups is 1. The average Bonchev–Trinajstić information content (AvgIpc) is 3.16. The molecule has 1 heterocycles. The molecule has 1 N–H and O–H groups in total. The molecule has 0 spiro atoms. The number of nitrogens with zero attached hydrogens (tertiary/aromatic N) is 1. The molecule has 4 rings (SSSR count). The summed E-state index contributed by atoms with van der Waals surface area (Å²) >= 11 is 0. The summed E-state index contributed by atoms with van der Waals surface area (Å²) in [5, 5.41) is 2.61. The fourth-order valence-electron chi connectivity index (χ4n) is 3.92. The zero-order valence-electron chi connectivity index (χ0n) is 19.9. The lowest BCUT2D eigenvalue weighted by molar-refractivity contribution is -0.119. The molecule has 0 radical (unpaired) electrons. The highest BCUT2D eigenvalue weighted by Crippen LogP contribution is 2.32. The maximum atomic E-state index is 13.0. The van der Waals surface area contributed by atoms with Gasteiger partial charge in [0, 0.05) is 6.07 Å². The number of hydrogen-bond donors (Lipinski definition) is 1. The Bertz CT molecular complexity index is 1340. The number of nitrogens with one attached hydrogen (secondary N) is 1. The maximum absolute atomic E-state index is 13.0. The van der Waals surface area contributed by atoms with Crippen LogP contribution in [-0.4, -0.2) is 49.4 Å². The van der Waals surface area contributed by atoms with Crippen molar-refractivity contribution in [3.05, 3.63) is 89.0 Å². The molecule has 0 aliphatic carbocycles. The third-order valence-corrected chi connectivity index (χ3v) is 5.84. The Kier molecular flexibility index (Phi) is 7.00. The van der Waals surface area contributed by atoms with Gasteiger partial charge in [-0.05, 0) is 42.8 Å². The first-order valence-corrected chi connectivity index (χ1v) is 11.1. The van der Waals surface area contributed by atoms with Gasteiger partial charge >= 0.3 is 5.97 Å². The Labute approximate surface area is 207 Å². The monoisotopic (exact) mass is 488 g/mol. The molecular weight excluding hydrogens is 464 g/mol. The normalized spacial score (nSPS) is 13.1. The van der Waals surface area contributed by atoms with Crippen molar-refractivity contribution >= 4 is 29.4 Å². The van der Waals surface area contributed by atoms with E-state index in [0.717, 1.165) is 5.56 Å². The standard InChI is InChI=1S/C27H24N2O7/c1-16(17-7-5-4-6-8-17)29-25(31)20-11-9-18(13-21(20)26(29)32)27(33)36-15-24(30)28-22-12-10-19(34-2)14-23(22)35-3/h4-14,16H,15H2,1-3H3,(H,28,30)/t16-/m1/s1. The SMILES string of the molecule is COc1ccc(NC(=O)COC(=O)c2ccc3c(c2)C(=O)N([C@H](C)c2ccccc2)C3=O)c(OC)c1. The molecule has 9 heteroatoms. The van der Waals surface area contributed by atoms with Crippen molar-refractivity contribution in [2.45, 2.75) is 13.0 Å². The summed E-state index contributed by atoms with van der Waals surface area (Å²) in [5.74, 6) is -1.38. The number of rotatable bonds is 8. The molecule has 9 nitrogen and oxygen atoms in total. The van der Waals surface area contributed by atoms with Crippen molar-refractivity contribution in [1.82, 2.24) is 4.90 Å². The smallest absolute Gasteiger partial charge is 0.338 e. The Morgan fingerprint density at radius 3 is 2.31 bits per heavy atom. The second-order valence-electron chi connectivity index (χ2n) is 8.02. The molecular formula is C27H24N2O7. The van der Waals surface area contributed by atoms with E-state index in [1.807, 2.05) is 30.3 Å². The van der Waals surface area contributed by atoms with Crippen LogP contribution in [0.4, 0.5) is 5.69 Å². The fraction of sp³-hybridized carbons (Fsp3) is 0.185. The molecule has 0 bridgehead atoms. The van der Waals surface area contributed by atoms with Crippen molar-refractivity contribution in [3.8, 4) is 11.5 Å². The van der Waals surface area contributed by atoms with Gasteiger partial charge in [0.2, 0.25) is 0 Å². The lowest BCUT2D eigenvalue weighted by Gasteiger charge is -2.22. The van der Waals surface area contributed by atoms with E-state index in [-0.39, 0.29) is 16.7 Å². The first-order chi connectivity index (χ1) is 17.3. The third kappa shape index (κ3) is 4.76. The van der Waals surface area contributed by atoms with Crippen molar-refractivity contribution in [3.63, 3.8) is 0 Å². The molecule has 0 aromatic heterocycles. The van der Waals surface area contributed by atoms with E-state index in [1.165, 1.54) is 37.3 Å². The molecule has 1 atom stereocenters. The first-order valence-electron chi connectivity index (χ1n) is 11.1. The van der Waals surface area contributed by atoms with Gasteiger partial charge in [0.15, 0.2) is 6.61 Å². The number of ether oxygens (including phenoxy) is 3. The quantitative estimate of drug-likeness (QED) is 0.379. The van der Waals surface area contributed by atoms with Gasteiger partial charge in [-0.15, -0.1) is 0 Å². The van der Waals surface area contributed by atoms with Crippen LogP contribution in [0.25, 0.3) is 0 Å². The van der Waals surface area contributed by atoms with Gasteiger partial charge in [-0.1, -0.05) is 30.3 Å². The van der Waals surface area contributed by atoms with Crippen LogP contribution in [0.2, 0.25) is 0 Å². The fourth-order valence-corrected chi connectivity index (χ4v) is 3.92. The van der Waals surface area contributed by atoms with Crippen LogP contribution >= 0.6 is 0 Å². The molecule has 184 valence electrons. The van der Waals surface area contributed by atoms with E-state index in [9.17, 15) is 19.2 Å². The molecule has 0 unspecified atom stereocenters. The highest BCUT2D eigenvalue weighted by Gasteiger charge is 2.39. The van der Waals surface area contributed by atoms with Crippen LogP contribution < -0.4 is 14.8 Å². The number of benzene rings is 3. The summed E-state index contributed by atoms with van der Waals surface area (Å²) in [5.41, 5.74) is 1.58. The highest BCUT2D eigenvalue weighted by molar-refractivity contribution is 6.22. The summed E-state index contributed by atoms with van der Waals surface area (Å²) in [7, 11) is 2.96. The minimum absolute atomic E-state index is 0.0546. The number of carbonyl (C=O) groups excluding carboxylic acids is 4. The second kappa shape index (κ2) is 10.3. The van der Waals surface area contributed by atoms with Crippen molar-refractivity contribution in [2.75, 3.05) is 26.1 Å². The first kappa shape index (κ1) is 24.5. The summed E-state index contributed by atoms with van der Waals surface area (Å²) in [6.45, 7) is 1.21. The topological polar surface area (TPSA) is 111 Å². The largest absolute Gasteiger partial charge is 0.497 e. The number of carbonyl (C=O) groups is 4. The van der Waals surface area contributed by atoms with E-state index in [0.29, 0.717) is 17.2 Å². The molecule has 3 aromatic rings. The number of hydrogen-bond acceptors (Lipinski definition) is 7. The number of methoxy groups -OCH3 is 2.